The van der Waals surface area contributed by atoms with Gasteiger partial charge in [0.15, 0.2) is 5.89 Å². The van der Waals surface area contributed by atoms with Crippen molar-refractivity contribution >= 4 is 17.8 Å². The van der Waals surface area contributed by atoms with E-state index in [0.717, 1.165) is 31.3 Å². The molecule has 0 aromatic carbocycles. The molecule has 3 N–H and O–H groups in total. The molecular formula is C30H46N2O7. The zero-order valence-corrected chi connectivity index (χ0v) is 24.5. The van der Waals surface area contributed by atoms with Gasteiger partial charge >= 0.3 is 0 Å². The summed E-state index contributed by atoms with van der Waals surface area (Å²) >= 11 is 0. The number of oxazole rings is 1. The van der Waals surface area contributed by atoms with Crippen molar-refractivity contribution in [2.24, 2.45) is 17.3 Å². The topological polar surface area (TPSA) is 138 Å². The van der Waals surface area contributed by atoms with Crippen LogP contribution in [0.3, 0.4) is 0 Å². The first kappa shape index (κ1) is 29.9. The lowest BCUT2D eigenvalue weighted by Gasteiger charge is -2.36. The molecule has 0 bridgehead atoms. The summed E-state index contributed by atoms with van der Waals surface area (Å²) in [6, 6.07) is -0.358. The van der Waals surface area contributed by atoms with Crippen molar-refractivity contribution in [3.05, 3.63) is 23.4 Å². The quantitative estimate of drug-likeness (QED) is 0.486. The van der Waals surface area contributed by atoms with E-state index in [1.807, 2.05) is 19.9 Å². The lowest BCUT2D eigenvalue weighted by molar-refractivity contribution is -0.145. The fraction of sp³-hybridized carbons (Fsp3) is 0.767. The highest BCUT2D eigenvalue weighted by atomic mass is 16.6. The van der Waals surface area contributed by atoms with Gasteiger partial charge in [-0.1, -0.05) is 34.1 Å². The maximum Gasteiger partial charge on any atom is 0.223 e. The number of nitrogens with one attached hydrogen (secondary N) is 1. The smallest absolute Gasteiger partial charge is 0.223 e. The Morgan fingerprint density at radius 1 is 1.26 bits per heavy atom. The Morgan fingerprint density at radius 2 is 1.95 bits per heavy atom. The molecule has 8 atom stereocenters. The van der Waals surface area contributed by atoms with Gasteiger partial charge in [-0.15, -0.1) is 0 Å². The van der Waals surface area contributed by atoms with Crippen molar-refractivity contribution in [3.8, 4) is 0 Å². The second-order valence-electron chi connectivity index (χ2n) is 12.7. The Bertz CT molecular complexity index is 1090. The second kappa shape index (κ2) is 11.1. The number of hydrogen-bond acceptors (Lipinski definition) is 8. The van der Waals surface area contributed by atoms with Crippen LogP contribution in [0.5, 0.6) is 0 Å². The van der Waals surface area contributed by atoms with E-state index in [1.54, 1.807) is 27.0 Å². The lowest BCUT2D eigenvalue weighted by Crippen LogP contribution is -2.50. The Kier molecular flexibility index (Phi) is 8.49. The predicted octanol–water partition coefficient (Wildman–Crippen LogP) is 3.74. The number of aliphatic hydroxyl groups excluding tert-OH is 2. The standard InChI is InChI=1S/C30H46N2O7/c1-8-30-14-21(18(3)12-20-15-37-19(4)31-20)32-24(34)13-23(33)28(5,6)27(36)25(22-16-38-22)26(35)17(2)10-9-11-29(30,7)39-30/h12,15,17,21-23,25-26,33,35H,8-11,13-14,16H2,1-7H3,(H,32,34)/t17-,21?,22?,23-,25-,26+,29?,30?/m0/s1. The van der Waals surface area contributed by atoms with Crippen LogP contribution in [0, 0.1) is 24.2 Å². The first-order valence-electron chi connectivity index (χ1n) is 14.3. The zero-order chi connectivity index (χ0) is 28.8. The summed E-state index contributed by atoms with van der Waals surface area (Å²) in [6.45, 7) is 13.6. The molecule has 0 radical (unpaired) electrons. The zero-order valence-electron chi connectivity index (χ0n) is 24.5. The summed E-state index contributed by atoms with van der Waals surface area (Å²) in [4.78, 5) is 31.4. The number of fused-ring (bicyclic) bond motifs is 1. The number of epoxide rings is 2. The Morgan fingerprint density at radius 3 is 2.54 bits per heavy atom. The van der Waals surface area contributed by atoms with Crippen LogP contribution in [0.1, 0.15) is 91.7 Å². The number of aryl methyl sites for hydroxylation is 1. The molecule has 4 heterocycles. The number of ketones is 1. The average Bonchev–Trinajstić information content (AvgIpc) is 3.75. The molecule has 218 valence electrons. The van der Waals surface area contributed by atoms with Crippen LogP contribution in [0.2, 0.25) is 0 Å². The monoisotopic (exact) mass is 546 g/mol. The molecule has 0 saturated carbocycles. The second-order valence-corrected chi connectivity index (χ2v) is 12.7. The number of rotatable bonds is 4. The van der Waals surface area contributed by atoms with E-state index in [0.29, 0.717) is 24.6 Å². The summed E-state index contributed by atoms with van der Waals surface area (Å²) in [6.07, 6.45) is 4.50. The van der Waals surface area contributed by atoms with Crippen LogP contribution < -0.4 is 5.32 Å². The highest BCUT2D eigenvalue weighted by molar-refractivity contribution is 5.89. The number of nitrogens with zero attached hydrogens (tertiary/aromatic N) is 1. The van der Waals surface area contributed by atoms with E-state index >= 15 is 0 Å². The number of carbonyl (C=O) groups is 2. The van der Waals surface area contributed by atoms with Gasteiger partial charge in [-0.2, -0.15) is 0 Å². The Labute approximate surface area is 231 Å². The molecular weight excluding hydrogens is 500 g/mol. The lowest BCUT2D eigenvalue weighted by atomic mass is 9.71. The normalized spacial score (nSPS) is 40.1. The first-order valence-corrected chi connectivity index (χ1v) is 14.3. The van der Waals surface area contributed by atoms with E-state index in [-0.39, 0.29) is 41.8 Å². The maximum atomic E-state index is 13.7. The van der Waals surface area contributed by atoms with Crippen LogP contribution in [0.15, 0.2) is 16.3 Å². The molecule has 9 heteroatoms. The van der Waals surface area contributed by atoms with E-state index < -0.39 is 29.1 Å². The highest BCUT2D eigenvalue weighted by Crippen LogP contribution is 2.56. The van der Waals surface area contributed by atoms with E-state index in [2.05, 4.69) is 24.1 Å². The molecule has 3 aliphatic rings. The molecule has 0 aliphatic carbocycles. The first-order chi connectivity index (χ1) is 18.2. The van der Waals surface area contributed by atoms with E-state index in [9.17, 15) is 19.8 Å². The summed E-state index contributed by atoms with van der Waals surface area (Å²) in [5.74, 6) is -0.940. The number of amides is 1. The van der Waals surface area contributed by atoms with Crippen molar-refractivity contribution in [1.29, 1.82) is 0 Å². The molecule has 4 unspecified atom stereocenters. The maximum absolute atomic E-state index is 13.7. The number of aliphatic hydroxyl groups is 2. The van der Waals surface area contributed by atoms with Gasteiger partial charge in [0.25, 0.3) is 0 Å². The Balaban J connectivity index is 1.64. The van der Waals surface area contributed by atoms with Crippen LogP contribution >= 0.6 is 0 Å². The largest absolute Gasteiger partial charge is 0.449 e. The molecule has 39 heavy (non-hydrogen) atoms. The van der Waals surface area contributed by atoms with Gasteiger partial charge in [-0.3, -0.25) is 9.59 Å². The van der Waals surface area contributed by atoms with E-state index in [4.69, 9.17) is 13.9 Å². The number of ether oxygens (including phenoxy) is 2. The minimum atomic E-state index is -1.24. The van der Waals surface area contributed by atoms with Crippen molar-refractivity contribution in [3.63, 3.8) is 0 Å². The SMILES string of the molecule is CCC12CC(C(C)=Cc3coc(C)n3)NC(=O)C[C@H](O)C(C)(C)C(=O)[C@@H](C3CO3)[C@H](O)[C@@H](C)CCCC1(C)O2. The summed E-state index contributed by atoms with van der Waals surface area (Å²) in [5.41, 5.74) is -0.433. The fourth-order valence-electron chi connectivity index (χ4n) is 6.34. The number of aromatic nitrogens is 1. The fourth-order valence-corrected chi connectivity index (χ4v) is 6.34. The number of carbonyl (C=O) groups excluding carboxylic acids is 2. The molecule has 3 aliphatic heterocycles. The molecule has 3 saturated heterocycles. The van der Waals surface area contributed by atoms with Crippen molar-refractivity contribution in [2.75, 3.05) is 6.61 Å². The summed E-state index contributed by atoms with van der Waals surface area (Å²) in [5, 5.41) is 25.5. The molecule has 1 aromatic heterocycles. The Hall–Kier alpha value is -2.07. The number of hydrogen-bond donors (Lipinski definition) is 3. The van der Waals surface area contributed by atoms with Gasteiger partial charge in [-0.25, -0.2) is 4.98 Å². The van der Waals surface area contributed by atoms with Crippen molar-refractivity contribution < 1.29 is 33.7 Å². The van der Waals surface area contributed by atoms with Crippen LogP contribution in [-0.2, 0) is 19.1 Å². The van der Waals surface area contributed by atoms with Crippen LogP contribution in [-0.4, -0.2) is 69.1 Å². The van der Waals surface area contributed by atoms with Crippen molar-refractivity contribution in [2.45, 2.75) is 123 Å². The molecule has 1 amide bonds. The summed E-state index contributed by atoms with van der Waals surface area (Å²) < 4.78 is 17.3. The molecule has 3 fully saturated rings. The van der Waals surface area contributed by atoms with Gasteiger partial charge < -0.3 is 29.4 Å². The van der Waals surface area contributed by atoms with Gasteiger partial charge in [0.2, 0.25) is 5.91 Å². The average molecular weight is 547 g/mol. The van der Waals surface area contributed by atoms with E-state index in [1.165, 1.54) is 0 Å². The molecule has 1 aromatic rings. The van der Waals surface area contributed by atoms with Crippen molar-refractivity contribution in [1.82, 2.24) is 10.3 Å². The summed E-state index contributed by atoms with van der Waals surface area (Å²) in [7, 11) is 0. The van der Waals surface area contributed by atoms with Crippen LogP contribution in [0.25, 0.3) is 6.08 Å². The van der Waals surface area contributed by atoms with Gasteiger partial charge in [-0.05, 0) is 50.7 Å². The van der Waals surface area contributed by atoms with Gasteiger partial charge in [0.05, 0.1) is 59.9 Å². The third-order valence-electron chi connectivity index (χ3n) is 9.52. The van der Waals surface area contributed by atoms with Gasteiger partial charge in [0, 0.05) is 13.3 Å². The third-order valence-corrected chi connectivity index (χ3v) is 9.52. The predicted molar refractivity (Wildman–Crippen MR) is 146 cm³/mol. The minimum absolute atomic E-state index is 0.130. The minimum Gasteiger partial charge on any atom is -0.449 e. The number of Topliss-reactive ketones (excluding diaryl/α,β-unsaturated/α-hetero) is 1. The third kappa shape index (κ3) is 6.16. The molecule has 0 spiro atoms. The van der Waals surface area contributed by atoms with Crippen LogP contribution in [0.4, 0.5) is 0 Å². The highest BCUT2D eigenvalue weighted by Gasteiger charge is 2.65. The molecule has 4 rings (SSSR count). The molecule has 9 nitrogen and oxygen atoms in total. The van der Waals surface area contributed by atoms with Gasteiger partial charge in [0.1, 0.15) is 17.7 Å².